The van der Waals surface area contributed by atoms with Gasteiger partial charge in [-0.05, 0) is 13.0 Å². The van der Waals surface area contributed by atoms with E-state index in [1.165, 1.54) is 10.6 Å². The number of hydrogen-bond donors (Lipinski definition) is 1. The highest BCUT2D eigenvalue weighted by atomic mass is 32.1. The molecule has 0 saturated carbocycles. The normalized spacial score (nSPS) is 10.6. The van der Waals surface area contributed by atoms with Gasteiger partial charge in [0.15, 0.2) is 0 Å². The lowest BCUT2D eigenvalue weighted by atomic mass is 10.1. The van der Waals surface area contributed by atoms with Gasteiger partial charge in [-0.1, -0.05) is 29.5 Å². The third-order valence-electron chi connectivity index (χ3n) is 2.81. The van der Waals surface area contributed by atoms with Gasteiger partial charge in [0.05, 0.1) is 11.3 Å². The van der Waals surface area contributed by atoms with Crippen molar-refractivity contribution in [3.05, 3.63) is 45.4 Å². The summed E-state index contributed by atoms with van der Waals surface area (Å²) in [4.78, 5) is 22.7. The van der Waals surface area contributed by atoms with Crippen LogP contribution < -0.4 is 4.87 Å². The number of halogens is 1. The van der Waals surface area contributed by atoms with E-state index in [0.29, 0.717) is 16.1 Å². The fourth-order valence-electron chi connectivity index (χ4n) is 1.84. The molecule has 2 aromatic rings. The van der Waals surface area contributed by atoms with Gasteiger partial charge in [0.2, 0.25) is 0 Å². The van der Waals surface area contributed by atoms with Crippen molar-refractivity contribution in [2.45, 2.75) is 19.9 Å². The second kappa shape index (κ2) is 5.36. The molecule has 0 aliphatic carbocycles. The SMILES string of the molecule is Cc1c(-c2ccccc2F)sc(=O)n1CCC(=O)O. The molecule has 100 valence electrons. The Kier molecular flexibility index (Phi) is 3.80. The van der Waals surface area contributed by atoms with Gasteiger partial charge in [-0.2, -0.15) is 0 Å². The van der Waals surface area contributed by atoms with Crippen molar-refractivity contribution in [2.75, 3.05) is 0 Å². The predicted octanol–water partition coefficient (Wildman–Crippen LogP) is 2.50. The molecule has 0 aliphatic heterocycles. The molecule has 0 fully saturated rings. The number of carboxylic acid groups (broad SMARTS) is 1. The molecule has 0 aliphatic rings. The Morgan fingerprint density at radius 2 is 2.11 bits per heavy atom. The number of nitrogens with zero attached hydrogens (tertiary/aromatic N) is 1. The van der Waals surface area contributed by atoms with E-state index in [-0.39, 0.29) is 17.8 Å². The van der Waals surface area contributed by atoms with E-state index in [1.54, 1.807) is 25.1 Å². The first-order valence-corrected chi connectivity index (χ1v) is 6.49. The average Bonchev–Trinajstić information content (AvgIpc) is 2.63. The number of carbonyl (C=O) groups is 1. The van der Waals surface area contributed by atoms with Crippen LogP contribution in [0.5, 0.6) is 0 Å². The molecule has 0 amide bonds. The smallest absolute Gasteiger partial charge is 0.307 e. The molecule has 0 radical (unpaired) electrons. The van der Waals surface area contributed by atoms with Crippen molar-refractivity contribution in [1.29, 1.82) is 0 Å². The van der Waals surface area contributed by atoms with Crippen LogP contribution in [0.3, 0.4) is 0 Å². The molecular weight excluding hydrogens is 269 g/mol. The maximum absolute atomic E-state index is 13.7. The van der Waals surface area contributed by atoms with E-state index in [4.69, 9.17) is 5.11 Å². The number of rotatable bonds is 4. The molecule has 19 heavy (non-hydrogen) atoms. The number of thiazole rings is 1. The maximum Gasteiger partial charge on any atom is 0.307 e. The van der Waals surface area contributed by atoms with Gasteiger partial charge >= 0.3 is 10.8 Å². The van der Waals surface area contributed by atoms with Crippen molar-refractivity contribution in [3.63, 3.8) is 0 Å². The van der Waals surface area contributed by atoms with Crippen LogP contribution in [0.4, 0.5) is 4.39 Å². The Labute approximate surface area is 112 Å². The van der Waals surface area contributed by atoms with Gasteiger partial charge in [0.1, 0.15) is 5.82 Å². The molecule has 4 nitrogen and oxygen atoms in total. The van der Waals surface area contributed by atoms with Crippen LogP contribution >= 0.6 is 11.3 Å². The first-order valence-electron chi connectivity index (χ1n) is 5.67. The Morgan fingerprint density at radius 1 is 1.42 bits per heavy atom. The molecule has 1 aromatic heterocycles. The van der Waals surface area contributed by atoms with Crippen LogP contribution in [0.25, 0.3) is 10.4 Å². The third kappa shape index (κ3) is 2.73. The van der Waals surface area contributed by atoms with Gasteiger partial charge in [0, 0.05) is 17.8 Å². The van der Waals surface area contributed by atoms with Gasteiger partial charge in [-0.3, -0.25) is 9.59 Å². The molecular formula is C13H12FNO3S. The van der Waals surface area contributed by atoms with Gasteiger partial charge in [0.25, 0.3) is 0 Å². The minimum atomic E-state index is -0.968. The zero-order chi connectivity index (χ0) is 14.0. The Balaban J connectivity index is 2.45. The summed E-state index contributed by atoms with van der Waals surface area (Å²) in [7, 11) is 0. The highest BCUT2D eigenvalue weighted by Crippen LogP contribution is 2.28. The van der Waals surface area contributed by atoms with Crippen LogP contribution in [-0.2, 0) is 11.3 Å². The van der Waals surface area contributed by atoms with Crippen LogP contribution in [0.1, 0.15) is 12.1 Å². The highest BCUT2D eigenvalue weighted by Gasteiger charge is 2.15. The lowest BCUT2D eigenvalue weighted by Crippen LogP contribution is -2.16. The molecule has 1 N–H and O–H groups in total. The lowest BCUT2D eigenvalue weighted by molar-refractivity contribution is -0.137. The standard InChI is InChI=1S/C13H12FNO3S/c1-8-12(9-4-2-3-5-10(9)14)19-13(18)15(8)7-6-11(16)17/h2-5H,6-7H2,1H3,(H,16,17). The number of carboxylic acids is 1. The number of benzene rings is 1. The van der Waals surface area contributed by atoms with E-state index in [0.717, 1.165) is 11.3 Å². The molecule has 1 heterocycles. The average molecular weight is 281 g/mol. The molecule has 0 atom stereocenters. The molecule has 1 aromatic carbocycles. The number of hydrogen-bond acceptors (Lipinski definition) is 3. The molecule has 6 heteroatoms. The zero-order valence-corrected chi connectivity index (χ0v) is 11.0. The van der Waals surface area contributed by atoms with E-state index >= 15 is 0 Å². The molecule has 2 rings (SSSR count). The maximum atomic E-state index is 13.7. The summed E-state index contributed by atoms with van der Waals surface area (Å²) in [6.07, 6.45) is -0.131. The summed E-state index contributed by atoms with van der Waals surface area (Å²) < 4.78 is 15.1. The third-order valence-corrected chi connectivity index (χ3v) is 3.93. The van der Waals surface area contributed by atoms with Gasteiger partial charge in [-0.15, -0.1) is 0 Å². The fraction of sp³-hybridized carbons (Fsp3) is 0.231. The summed E-state index contributed by atoms with van der Waals surface area (Å²) in [6, 6.07) is 6.22. The second-order valence-corrected chi connectivity index (χ2v) is 5.02. The van der Waals surface area contributed by atoms with Crippen molar-refractivity contribution >= 4 is 17.3 Å². The predicted molar refractivity (Wildman–Crippen MR) is 71.0 cm³/mol. The van der Waals surface area contributed by atoms with E-state index in [9.17, 15) is 14.0 Å². The van der Waals surface area contributed by atoms with Crippen LogP contribution in [0.2, 0.25) is 0 Å². The fourth-order valence-corrected chi connectivity index (χ4v) is 2.88. The summed E-state index contributed by atoms with van der Waals surface area (Å²) in [5.74, 6) is -1.36. The minimum Gasteiger partial charge on any atom is -0.481 e. The Bertz CT molecular complexity index is 675. The zero-order valence-electron chi connectivity index (χ0n) is 10.2. The quantitative estimate of drug-likeness (QED) is 0.936. The van der Waals surface area contributed by atoms with E-state index in [2.05, 4.69) is 0 Å². The van der Waals surface area contributed by atoms with Crippen LogP contribution in [0.15, 0.2) is 29.1 Å². The lowest BCUT2D eigenvalue weighted by Gasteiger charge is -2.04. The topological polar surface area (TPSA) is 59.3 Å². The number of aromatic nitrogens is 1. The number of aliphatic carboxylic acids is 1. The first kappa shape index (κ1) is 13.5. The molecule has 0 bridgehead atoms. The summed E-state index contributed by atoms with van der Waals surface area (Å²) in [5, 5.41) is 8.65. The van der Waals surface area contributed by atoms with Gasteiger partial charge < -0.3 is 9.67 Å². The minimum absolute atomic E-state index is 0.102. The monoisotopic (exact) mass is 281 g/mol. The van der Waals surface area contributed by atoms with Gasteiger partial charge in [-0.25, -0.2) is 4.39 Å². The van der Waals surface area contributed by atoms with E-state index < -0.39 is 11.8 Å². The molecule has 0 spiro atoms. The van der Waals surface area contributed by atoms with Crippen molar-refractivity contribution in [1.82, 2.24) is 4.57 Å². The largest absolute Gasteiger partial charge is 0.481 e. The second-order valence-electron chi connectivity index (χ2n) is 4.06. The van der Waals surface area contributed by atoms with Crippen molar-refractivity contribution in [2.24, 2.45) is 0 Å². The van der Waals surface area contributed by atoms with Crippen molar-refractivity contribution in [3.8, 4) is 10.4 Å². The first-order chi connectivity index (χ1) is 9.00. The van der Waals surface area contributed by atoms with Crippen LogP contribution in [-0.4, -0.2) is 15.6 Å². The Hall–Kier alpha value is -1.95. The molecule has 0 unspecified atom stereocenters. The molecule has 0 saturated heterocycles. The van der Waals surface area contributed by atoms with Crippen molar-refractivity contribution < 1.29 is 14.3 Å². The summed E-state index contributed by atoms with van der Waals surface area (Å²) in [6.45, 7) is 1.80. The Morgan fingerprint density at radius 3 is 2.74 bits per heavy atom. The van der Waals surface area contributed by atoms with Crippen LogP contribution in [0, 0.1) is 12.7 Å². The van der Waals surface area contributed by atoms with E-state index in [1.807, 2.05) is 0 Å². The summed E-state index contributed by atoms with van der Waals surface area (Å²) in [5.41, 5.74) is 0.970. The highest BCUT2D eigenvalue weighted by molar-refractivity contribution is 7.13. The summed E-state index contributed by atoms with van der Waals surface area (Å²) >= 11 is 0.934.